The first-order chi connectivity index (χ1) is 5.11. The maximum atomic E-state index is 12.8. The van der Waals surface area contributed by atoms with Gasteiger partial charge in [-0.05, 0) is 18.2 Å². The maximum Gasteiger partial charge on any atom is 0.129 e. The van der Waals surface area contributed by atoms with Crippen LogP contribution in [0.4, 0.5) is 4.39 Å². The van der Waals surface area contributed by atoms with Gasteiger partial charge < -0.3 is 11.5 Å². The molecule has 0 aliphatic heterocycles. The molecule has 0 spiro atoms. The van der Waals surface area contributed by atoms with E-state index in [1.807, 2.05) is 0 Å². The van der Waals surface area contributed by atoms with Crippen LogP contribution < -0.4 is 11.5 Å². The third-order valence-electron chi connectivity index (χ3n) is 1.32. The minimum absolute atomic E-state index is 0.234. The van der Waals surface area contributed by atoms with Crippen LogP contribution in [0.1, 0.15) is 11.7 Å². The molecule has 0 unspecified atom stereocenters. The zero-order chi connectivity index (χ0) is 8.43. The van der Waals surface area contributed by atoms with Crippen LogP contribution in [0.2, 0.25) is 5.02 Å². The molecule has 11 heavy (non-hydrogen) atoms. The minimum Gasteiger partial charge on any atom is -0.312 e. The molecule has 0 saturated carbocycles. The first kappa shape index (κ1) is 8.46. The van der Waals surface area contributed by atoms with Gasteiger partial charge in [0.25, 0.3) is 0 Å². The Bertz CT molecular complexity index is 263. The van der Waals surface area contributed by atoms with Crippen LogP contribution in [0.15, 0.2) is 18.2 Å². The van der Waals surface area contributed by atoms with Crippen molar-refractivity contribution in [3.63, 3.8) is 0 Å². The molecule has 0 fully saturated rings. The zero-order valence-electron chi connectivity index (χ0n) is 5.72. The molecule has 0 aliphatic carbocycles. The van der Waals surface area contributed by atoms with Gasteiger partial charge in [-0.15, -0.1) is 0 Å². The van der Waals surface area contributed by atoms with Crippen molar-refractivity contribution in [1.29, 1.82) is 0 Å². The Morgan fingerprint density at radius 1 is 1.36 bits per heavy atom. The van der Waals surface area contributed by atoms with Gasteiger partial charge in [-0.2, -0.15) is 0 Å². The third-order valence-corrected chi connectivity index (χ3v) is 1.55. The number of hydrogen-bond donors (Lipinski definition) is 2. The summed E-state index contributed by atoms with van der Waals surface area (Å²) in [5.74, 6) is -0.426. The second-order valence-corrected chi connectivity index (χ2v) is 2.63. The van der Waals surface area contributed by atoms with E-state index >= 15 is 0 Å². The number of hydrogen-bond acceptors (Lipinski definition) is 2. The SMILES string of the molecule is NC(N)c1cc(Cl)ccc1F. The Morgan fingerprint density at radius 2 is 2.00 bits per heavy atom. The fraction of sp³-hybridized carbons (Fsp3) is 0.143. The van der Waals surface area contributed by atoms with E-state index < -0.39 is 12.0 Å². The predicted molar refractivity (Wildman–Crippen MR) is 42.5 cm³/mol. The quantitative estimate of drug-likeness (QED) is 0.633. The van der Waals surface area contributed by atoms with Crippen molar-refractivity contribution in [2.24, 2.45) is 11.5 Å². The topological polar surface area (TPSA) is 52.0 Å². The van der Waals surface area contributed by atoms with Gasteiger partial charge >= 0.3 is 0 Å². The molecule has 1 aromatic rings. The summed E-state index contributed by atoms with van der Waals surface area (Å²) in [4.78, 5) is 0. The molecule has 4 N–H and O–H groups in total. The van der Waals surface area contributed by atoms with E-state index in [9.17, 15) is 4.39 Å². The monoisotopic (exact) mass is 174 g/mol. The highest BCUT2D eigenvalue weighted by Gasteiger charge is 2.06. The van der Waals surface area contributed by atoms with Crippen LogP contribution >= 0.6 is 11.6 Å². The first-order valence-electron chi connectivity index (χ1n) is 3.07. The van der Waals surface area contributed by atoms with Crippen molar-refractivity contribution >= 4 is 11.6 Å². The summed E-state index contributed by atoms with van der Waals surface area (Å²) in [6.45, 7) is 0. The third kappa shape index (κ3) is 1.89. The number of nitrogens with two attached hydrogens (primary N) is 2. The zero-order valence-corrected chi connectivity index (χ0v) is 6.48. The molecule has 4 heteroatoms. The van der Waals surface area contributed by atoms with Crippen LogP contribution in [0.5, 0.6) is 0 Å². The Morgan fingerprint density at radius 3 is 2.45 bits per heavy atom. The average Bonchev–Trinajstić information content (AvgIpc) is 1.94. The molecular weight excluding hydrogens is 167 g/mol. The van der Waals surface area contributed by atoms with E-state index in [1.54, 1.807) is 0 Å². The Kier molecular flexibility index (Phi) is 2.44. The summed E-state index contributed by atoms with van der Waals surface area (Å²) in [6, 6.07) is 4.11. The molecule has 60 valence electrons. The van der Waals surface area contributed by atoms with E-state index in [4.69, 9.17) is 23.1 Å². The van der Waals surface area contributed by atoms with Gasteiger partial charge in [-0.25, -0.2) is 4.39 Å². The normalized spacial score (nSPS) is 10.6. The standard InChI is InChI=1S/C7H8ClFN2/c8-4-1-2-6(9)5(3-4)7(10)11/h1-3,7H,10-11H2. The van der Waals surface area contributed by atoms with Crippen molar-refractivity contribution in [2.75, 3.05) is 0 Å². The highest BCUT2D eigenvalue weighted by Crippen LogP contribution is 2.16. The van der Waals surface area contributed by atoms with Crippen molar-refractivity contribution in [2.45, 2.75) is 6.17 Å². The predicted octanol–water partition coefficient (Wildman–Crippen LogP) is 1.40. The smallest absolute Gasteiger partial charge is 0.129 e. The van der Waals surface area contributed by atoms with Gasteiger partial charge in [0.15, 0.2) is 0 Å². The lowest BCUT2D eigenvalue weighted by atomic mass is 10.2. The van der Waals surface area contributed by atoms with Crippen LogP contribution in [0.3, 0.4) is 0 Å². The van der Waals surface area contributed by atoms with E-state index in [2.05, 4.69) is 0 Å². The lowest BCUT2D eigenvalue weighted by molar-refractivity contribution is 0.588. The molecule has 0 atom stereocenters. The second kappa shape index (κ2) is 3.17. The summed E-state index contributed by atoms with van der Waals surface area (Å²) in [6.07, 6.45) is -0.811. The molecule has 0 amide bonds. The summed E-state index contributed by atoms with van der Waals surface area (Å²) in [7, 11) is 0. The van der Waals surface area contributed by atoms with Crippen molar-refractivity contribution in [3.8, 4) is 0 Å². The largest absolute Gasteiger partial charge is 0.312 e. The minimum atomic E-state index is -0.811. The van der Waals surface area contributed by atoms with E-state index in [1.165, 1.54) is 18.2 Å². The van der Waals surface area contributed by atoms with Gasteiger partial charge in [-0.1, -0.05) is 11.6 Å². The summed E-state index contributed by atoms with van der Waals surface area (Å²) in [5.41, 5.74) is 10.8. The maximum absolute atomic E-state index is 12.8. The fourth-order valence-electron chi connectivity index (χ4n) is 0.770. The van der Waals surface area contributed by atoms with Crippen molar-refractivity contribution < 1.29 is 4.39 Å². The molecule has 0 aliphatic rings. The average molecular weight is 175 g/mol. The summed E-state index contributed by atoms with van der Waals surface area (Å²) >= 11 is 5.58. The highest BCUT2D eigenvalue weighted by molar-refractivity contribution is 6.30. The van der Waals surface area contributed by atoms with E-state index in [-0.39, 0.29) is 5.56 Å². The number of rotatable bonds is 1. The lowest BCUT2D eigenvalue weighted by Gasteiger charge is -2.06. The lowest BCUT2D eigenvalue weighted by Crippen LogP contribution is -2.21. The molecule has 1 rings (SSSR count). The summed E-state index contributed by atoms with van der Waals surface area (Å²) in [5, 5.41) is 0.433. The van der Waals surface area contributed by atoms with E-state index in [0.29, 0.717) is 5.02 Å². The molecule has 2 nitrogen and oxygen atoms in total. The fourth-order valence-corrected chi connectivity index (χ4v) is 0.951. The molecule has 0 bridgehead atoms. The number of halogens is 2. The van der Waals surface area contributed by atoms with Crippen molar-refractivity contribution in [1.82, 2.24) is 0 Å². The molecule has 1 aromatic carbocycles. The van der Waals surface area contributed by atoms with Crippen LogP contribution in [0, 0.1) is 5.82 Å². The number of benzene rings is 1. The van der Waals surface area contributed by atoms with Gasteiger partial charge in [0, 0.05) is 10.6 Å². The Balaban J connectivity index is 3.13. The molecule has 0 heterocycles. The van der Waals surface area contributed by atoms with Crippen LogP contribution in [0.25, 0.3) is 0 Å². The molecule has 0 radical (unpaired) electrons. The van der Waals surface area contributed by atoms with Gasteiger partial charge in [0.2, 0.25) is 0 Å². The van der Waals surface area contributed by atoms with Gasteiger partial charge in [0.05, 0.1) is 6.17 Å². The van der Waals surface area contributed by atoms with E-state index in [0.717, 1.165) is 0 Å². The molecule has 0 saturated heterocycles. The first-order valence-corrected chi connectivity index (χ1v) is 3.45. The van der Waals surface area contributed by atoms with Gasteiger partial charge in [0.1, 0.15) is 5.82 Å². The highest BCUT2D eigenvalue weighted by atomic mass is 35.5. The van der Waals surface area contributed by atoms with Crippen LogP contribution in [-0.2, 0) is 0 Å². The van der Waals surface area contributed by atoms with Crippen molar-refractivity contribution in [3.05, 3.63) is 34.6 Å². The second-order valence-electron chi connectivity index (χ2n) is 2.19. The van der Waals surface area contributed by atoms with Crippen LogP contribution in [-0.4, -0.2) is 0 Å². The molecular formula is C7H8ClFN2. The summed E-state index contributed by atoms with van der Waals surface area (Å²) < 4.78 is 12.8. The Labute approximate surface area is 68.9 Å². The Hall–Kier alpha value is -0.640. The van der Waals surface area contributed by atoms with Gasteiger partial charge in [-0.3, -0.25) is 0 Å². The molecule has 0 aromatic heterocycles.